The number of ether oxygens (including phenoxy) is 3. The summed E-state index contributed by atoms with van der Waals surface area (Å²) in [6.07, 6.45) is 5.11. The van der Waals surface area contributed by atoms with E-state index in [9.17, 15) is 10.1 Å². The Hall–Kier alpha value is -2.30. The summed E-state index contributed by atoms with van der Waals surface area (Å²) in [5.41, 5.74) is -0.129. The molecule has 0 N–H and O–H groups in total. The van der Waals surface area contributed by atoms with Crippen LogP contribution in [0.1, 0.15) is 0 Å². The molecule has 1 aliphatic heterocycles. The second-order valence-electron chi connectivity index (χ2n) is 4.68. The topological polar surface area (TPSA) is 74.1 Å². The molecule has 7 nitrogen and oxygen atoms in total. The van der Waals surface area contributed by atoms with Gasteiger partial charge in [0.1, 0.15) is 19.0 Å². The average molecular weight is 306 g/mol. The lowest BCUT2D eigenvalue weighted by molar-refractivity contribution is -0.385. The van der Waals surface area contributed by atoms with E-state index in [0.29, 0.717) is 12.4 Å². The number of nitro benzene ring substituents is 1. The van der Waals surface area contributed by atoms with Crippen molar-refractivity contribution in [3.8, 4) is 23.8 Å². The van der Waals surface area contributed by atoms with Crippen molar-refractivity contribution >= 4 is 5.69 Å². The Balaban J connectivity index is 1.92. The first-order chi connectivity index (χ1) is 10.7. The zero-order chi connectivity index (χ0) is 15.8. The highest BCUT2D eigenvalue weighted by Gasteiger charge is 2.16. The second kappa shape index (κ2) is 8.22. The number of terminal acetylenes is 1. The second-order valence-corrected chi connectivity index (χ2v) is 4.68. The van der Waals surface area contributed by atoms with Gasteiger partial charge in [0.25, 0.3) is 0 Å². The van der Waals surface area contributed by atoms with Crippen molar-refractivity contribution in [3.63, 3.8) is 0 Å². The van der Waals surface area contributed by atoms with Gasteiger partial charge >= 0.3 is 5.69 Å². The van der Waals surface area contributed by atoms with Crippen LogP contribution in [0.25, 0.3) is 0 Å². The maximum absolute atomic E-state index is 10.9. The smallest absolute Gasteiger partial charge is 0.311 e. The molecule has 0 atom stereocenters. The van der Waals surface area contributed by atoms with Crippen molar-refractivity contribution in [2.24, 2.45) is 0 Å². The lowest BCUT2D eigenvalue weighted by Gasteiger charge is -2.26. The minimum atomic E-state index is -0.511. The van der Waals surface area contributed by atoms with E-state index in [1.54, 1.807) is 6.07 Å². The molecule has 1 saturated heterocycles. The lowest BCUT2D eigenvalue weighted by Crippen LogP contribution is -2.38. The molecule has 0 radical (unpaired) electrons. The van der Waals surface area contributed by atoms with Gasteiger partial charge in [-0.3, -0.25) is 15.0 Å². The predicted molar refractivity (Wildman–Crippen MR) is 80.2 cm³/mol. The minimum Gasteiger partial charge on any atom is -0.492 e. The van der Waals surface area contributed by atoms with Crippen molar-refractivity contribution in [3.05, 3.63) is 28.3 Å². The number of morpholine rings is 1. The van der Waals surface area contributed by atoms with Crippen molar-refractivity contribution in [1.29, 1.82) is 0 Å². The van der Waals surface area contributed by atoms with Gasteiger partial charge in [-0.2, -0.15) is 0 Å². The van der Waals surface area contributed by atoms with Crippen LogP contribution in [0, 0.1) is 22.5 Å². The highest BCUT2D eigenvalue weighted by Crippen LogP contribution is 2.31. The normalized spacial score (nSPS) is 15.0. The van der Waals surface area contributed by atoms with E-state index in [-0.39, 0.29) is 18.0 Å². The number of nitrogens with zero attached hydrogens (tertiary/aromatic N) is 2. The summed E-state index contributed by atoms with van der Waals surface area (Å²) < 4.78 is 16.1. The third-order valence-corrected chi connectivity index (χ3v) is 3.22. The molecule has 0 saturated carbocycles. The van der Waals surface area contributed by atoms with Crippen LogP contribution in [0.3, 0.4) is 0 Å². The van der Waals surface area contributed by atoms with E-state index < -0.39 is 4.92 Å². The van der Waals surface area contributed by atoms with E-state index in [2.05, 4.69) is 10.8 Å². The summed E-state index contributed by atoms with van der Waals surface area (Å²) in [6.45, 7) is 4.49. The molecule has 0 aliphatic carbocycles. The number of nitro groups is 1. The minimum absolute atomic E-state index is 0.0297. The summed E-state index contributed by atoms with van der Waals surface area (Å²) >= 11 is 0. The molecule has 118 valence electrons. The monoisotopic (exact) mass is 306 g/mol. The maximum atomic E-state index is 10.9. The Labute approximate surface area is 128 Å². The van der Waals surface area contributed by atoms with Gasteiger partial charge in [-0.1, -0.05) is 5.92 Å². The summed E-state index contributed by atoms with van der Waals surface area (Å²) in [4.78, 5) is 12.7. The van der Waals surface area contributed by atoms with Crippen LogP contribution >= 0.6 is 0 Å². The van der Waals surface area contributed by atoms with E-state index in [0.717, 1.165) is 32.8 Å². The Bertz CT molecular complexity index is 549. The Morgan fingerprint density at radius 1 is 1.36 bits per heavy atom. The van der Waals surface area contributed by atoms with Crippen LogP contribution in [0.2, 0.25) is 0 Å². The third kappa shape index (κ3) is 4.62. The zero-order valence-corrected chi connectivity index (χ0v) is 12.2. The van der Waals surface area contributed by atoms with Gasteiger partial charge in [0.2, 0.25) is 5.75 Å². The highest BCUT2D eigenvalue weighted by atomic mass is 16.6. The van der Waals surface area contributed by atoms with Crippen LogP contribution in [0.15, 0.2) is 18.2 Å². The fourth-order valence-electron chi connectivity index (χ4n) is 2.09. The van der Waals surface area contributed by atoms with Gasteiger partial charge in [0.15, 0.2) is 0 Å². The Morgan fingerprint density at radius 3 is 2.82 bits per heavy atom. The number of hydrogen-bond acceptors (Lipinski definition) is 6. The summed E-state index contributed by atoms with van der Waals surface area (Å²) in [6, 6.07) is 4.41. The molecule has 0 amide bonds. The first kappa shape index (κ1) is 16.1. The van der Waals surface area contributed by atoms with E-state index in [1.165, 1.54) is 12.1 Å². The third-order valence-electron chi connectivity index (χ3n) is 3.22. The molecule has 22 heavy (non-hydrogen) atoms. The molecule has 1 aromatic rings. The van der Waals surface area contributed by atoms with Gasteiger partial charge in [0.05, 0.1) is 18.1 Å². The van der Waals surface area contributed by atoms with E-state index >= 15 is 0 Å². The van der Waals surface area contributed by atoms with Crippen molar-refractivity contribution in [2.75, 3.05) is 46.1 Å². The average Bonchev–Trinajstić information content (AvgIpc) is 2.54. The fraction of sp³-hybridized carbons (Fsp3) is 0.467. The molecule has 1 aromatic carbocycles. The predicted octanol–water partition coefficient (Wildman–Crippen LogP) is 1.32. The molecule has 0 spiro atoms. The number of rotatable bonds is 7. The van der Waals surface area contributed by atoms with Gasteiger partial charge in [-0.25, -0.2) is 0 Å². The Kier molecular flexibility index (Phi) is 6.01. The summed E-state index contributed by atoms with van der Waals surface area (Å²) in [5.74, 6) is 2.92. The quantitative estimate of drug-likeness (QED) is 0.430. The molecule has 0 aromatic heterocycles. The zero-order valence-electron chi connectivity index (χ0n) is 12.2. The first-order valence-electron chi connectivity index (χ1n) is 6.98. The highest BCUT2D eigenvalue weighted by molar-refractivity contribution is 5.50. The first-order valence-corrected chi connectivity index (χ1v) is 6.98. The van der Waals surface area contributed by atoms with Gasteiger partial charge in [0, 0.05) is 31.8 Å². The molecule has 1 aliphatic rings. The van der Waals surface area contributed by atoms with Gasteiger partial charge < -0.3 is 14.2 Å². The van der Waals surface area contributed by atoms with Crippen molar-refractivity contribution in [2.45, 2.75) is 0 Å². The molecule has 0 unspecified atom stereocenters. The molecule has 0 bridgehead atoms. The van der Waals surface area contributed by atoms with Crippen LogP contribution in [0.5, 0.6) is 11.5 Å². The van der Waals surface area contributed by atoms with Crippen LogP contribution in [-0.4, -0.2) is 55.9 Å². The standard InChI is InChI=1S/C15H18N2O5/c1-2-8-22-15-12-13(3-4-14(15)17(18)19)21-11-7-16-5-9-20-10-6-16/h1,3-4,12H,5-11H2. The number of hydrogen-bond donors (Lipinski definition) is 0. The summed E-state index contributed by atoms with van der Waals surface area (Å²) in [5, 5.41) is 10.9. The van der Waals surface area contributed by atoms with Crippen LogP contribution < -0.4 is 9.47 Å². The van der Waals surface area contributed by atoms with Crippen molar-refractivity contribution in [1.82, 2.24) is 4.90 Å². The molecule has 2 rings (SSSR count). The van der Waals surface area contributed by atoms with E-state index in [1.807, 2.05) is 0 Å². The summed E-state index contributed by atoms with van der Waals surface area (Å²) in [7, 11) is 0. The maximum Gasteiger partial charge on any atom is 0.311 e. The van der Waals surface area contributed by atoms with Crippen LogP contribution in [-0.2, 0) is 4.74 Å². The molecular weight excluding hydrogens is 288 g/mol. The lowest BCUT2D eigenvalue weighted by atomic mass is 10.3. The number of benzene rings is 1. The SMILES string of the molecule is C#CCOc1cc(OCCN2CCOCC2)ccc1[N+](=O)[O-]. The van der Waals surface area contributed by atoms with Gasteiger partial charge in [-0.05, 0) is 6.07 Å². The molecular formula is C15H18N2O5. The molecule has 1 heterocycles. The largest absolute Gasteiger partial charge is 0.492 e. The molecule has 7 heteroatoms. The van der Waals surface area contributed by atoms with Crippen LogP contribution in [0.4, 0.5) is 5.69 Å². The molecule has 1 fully saturated rings. The Morgan fingerprint density at radius 2 is 2.14 bits per heavy atom. The fourth-order valence-corrected chi connectivity index (χ4v) is 2.09. The van der Waals surface area contributed by atoms with E-state index in [4.69, 9.17) is 20.6 Å². The van der Waals surface area contributed by atoms with Crippen molar-refractivity contribution < 1.29 is 19.1 Å². The van der Waals surface area contributed by atoms with Gasteiger partial charge in [-0.15, -0.1) is 6.42 Å².